The largest absolute Gasteiger partial charge is 0.474 e. The lowest BCUT2D eigenvalue weighted by atomic mass is 9.96. The summed E-state index contributed by atoms with van der Waals surface area (Å²) in [5, 5.41) is 11.9. The van der Waals surface area contributed by atoms with Crippen molar-refractivity contribution >= 4 is 17.8 Å². The zero-order chi connectivity index (χ0) is 13.8. The lowest BCUT2D eigenvalue weighted by Crippen LogP contribution is -2.52. The van der Waals surface area contributed by atoms with E-state index < -0.39 is 11.9 Å². The highest BCUT2D eigenvalue weighted by molar-refractivity contribution is 6.31. The third kappa shape index (κ3) is 3.23. The molecule has 2 aliphatic rings. The summed E-state index contributed by atoms with van der Waals surface area (Å²) >= 11 is 0. The highest BCUT2D eigenvalue weighted by Gasteiger charge is 2.33. The van der Waals surface area contributed by atoms with Crippen LogP contribution in [-0.4, -0.2) is 72.0 Å². The first-order valence-corrected chi connectivity index (χ1v) is 6.61. The van der Waals surface area contributed by atoms with E-state index in [1.54, 1.807) is 4.90 Å². The predicted octanol–water partition coefficient (Wildman–Crippen LogP) is -1.26. The summed E-state index contributed by atoms with van der Waals surface area (Å²) in [5.74, 6) is -2.56. The maximum atomic E-state index is 12.3. The van der Waals surface area contributed by atoms with Crippen LogP contribution >= 0.6 is 0 Å². The van der Waals surface area contributed by atoms with E-state index >= 15 is 0 Å². The molecule has 2 N–H and O–H groups in total. The summed E-state index contributed by atoms with van der Waals surface area (Å²) in [6.45, 7) is 3.60. The second-order valence-corrected chi connectivity index (χ2v) is 4.97. The Hall–Kier alpha value is -1.63. The molecule has 2 heterocycles. The quantitative estimate of drug-likeness (QED) is 0.580. The van der Waals surface area contributed by atoms with Gasteiger partial charge in [0, 0.05) is 39.3 Å². The number of carboxylic acid groups (broad SMARTS) is 1. The van der Waals surface area contributed by atoms with Gasteiger partial charge in [0.2, 0.25) is 5.91 Å². The highest BCUT2D eigenvalue weighted by Crippen LogP contribution is 2.19. The Morgan fingerprint density at radius 1 is 1.05 bits per heavy atom. The molecule has 7 nitrogen and oxygen atoms in total. The van der Waals surface area contributed by atoms with Crippen LogP contribution < -0.4 is 5.32 Å². The van der Waals surface area contributed by atoms with E-state index in [9.17, 15) is 14.4 Å². The minimum absolute atomic E-state index is 0.0457. The maximum Gasteiger partial charge on any atom is 0.394 e. The summed E-state index contributed by atoms with van der Waals surface area (Å²) in [6, 6.07) is 0. The highest BCUT2D eigenvalue weighted by atomic mass is 16.4. The van der Waals surface area contributed by atoms with Crippen LogP contribution in [0.15, 0.2) is 0 Å². The van der Waals surface area contributed by atoms with Crippen LogP contribution in [0, 0.1) is 5.92 Å². The summed E-state index contributed by atoms with van der Waals surface area (Å²) in [7, 11) is 0. The van der Waals surface area contributed by atoms with E-state index in [0.29, 0.717) is 26.1 Å². The zero-order valence-corrected chi connectivity index (χ0v) is 10.8. The second kappa shape index (κ2) is 6.01. The fraction of sp³-hybridized carbons (Fsp3) is 0.750. The molecule has 19 heavy (non-hydrogen) atoms. The maximum absolute atomic E-state index is 12.3. The molecule has 0 saturated carbocycles. The molecular formula is C12H19N3O4. The van der Waals surface area contributed by atoms with E-state index in [2.05, 4.69) is 5.32 Å². The number of carbonyl (C=O) groups is 3. The van der Waals surface area contributed by atoms with E-state index in [0.717, 1.165) is 19.5 Å². The van der Waals surface area contributed by atoms with E-state index in [1.165, 1.54) is 4.90 Å². The summed E-state index contributed by atoms with van der Waals surface area (Å²) < 4.78 is 0. The number of rotatable bonds is 1. The Labute approximate surface area is 111 Å². The number of amides is 2. The molecule has 0 bridgehead atoms. The van der Waals surface area contributed by atoms with Crippen molar-refractivity contribution < 1.29 is 19.5 Å². The molecule has 7 heteroatoms. The van der Waals surface area contributed by atoms with Gasteiger partial charge in [-0.3, -0.25) is 9.59 Å². The fourth-order valence-corrected chi connectivity index (χ4v) is 2.64. The van der Waals surface area contributed by atoms with Crippen LogP contribution in [0.3, 0.4) is 0 Å². The van der Waals surface area contributed by atoms with Crippen molar-refractivity contribution in [3.05, 3.63) is 0 Å². The van der Waals surface area contributed by atoms with Gasteiger partial charge in [-0.2, -0.15) is 0 Å². The number of hydrogen-bond acceptors (Lipinski definition) is 4. The van der Waals surface area contributed by atoms with Crippen molar-refractivity contribution in [2.45, 2.75) is 12.8 Å². The van der Waals surface area contributed by atoms with Crippen LogP contribution in [0.2, 0.25) is 0 Å². The van der Waals surface area contributed by atoms with Crippen LogP contribution in [0.4, 0.5) is 0 Å². The van der Waals surface area contributed by atoms with Crippen molar-refractivity contribution in [3.8, 4) is 0 Å². The number of nitrogens with one attached hydrogen (secondary N) is 1. The molecular weight excluding hydrogens is 250 g/mol. The number of piperidine rings is 1. The summed E-state index contributed by atoms with van der Waals surface area (Å²) in [5.41, 5.74) is 0. The van der Waals surface area contributed by atoms with E-state index in [1.807, 2.05) is 0 Å². The van der Waals surface area contributed by atoms with Gasteiger partial charge in [0.1, 0.15) is 0 Å². The number of carbonyl (C=O) groups excluding carboxylic acids is 2. The molecule has 2 aliphatic heterocycles. The molecule has 0 aromatic carbocycles. The van der Waals surface area contributed by atoms with Crippen LogP contribution in [0.5, 0.6) is 0 Å². The zero-order valence-electron chi connectivity index (χ0n) is 10.8. The Morgan fingerprint density at radius 2 is 1.74 bits per heavy atom. The number of piperazine rings is 1. The number of nitrogens with zero attached hydrogens (tertiary/aromatic N) is 2. The molecule has 2 rings (SSSR count). The smallest absolute Gasteiger partial charge is 0.394 e. The third-order valence-corrected chi connectivity index (χ3v) is 3.67. The monoisotopic (exact) mass is 269 g/mol. The van der Waals surface area contributed by atoms with Crippen LogP contribution in [-0.2, 0) is 14.4 Å². The minimum atomic E-state index is -1.45. The molecule has 106 valence electrons. The molecule has 0 radical (unpaired) electrons. The van der Waals surface area contributed by atoms with Gasteiger partial charge < -0.3 is 20.2 Å². The number of aliphatic carboxylic acids is 1. The molecule has 0 unspecified atom stereocenters. The van der Waals surface area contributed by atoms with Gasteiger partial charge in [0.25, 0.3) is 0 Å². The first-order valence-electron chi connectivity index (χ1n) is 6.61. The van der Waals surface area contributed by atoms with Crippen molar-refractivity contribution in [1.82, 2.24) is 15.1 Å². The SMILES string of the molecule is O=C(O)C(=O)N1CCC[C@@H](C(=O)N2CCNCC2)C1. The van der Waals surface area contributed by atoms with Gasteiger partial charge in [-0.1, -0.05) is 0 Å². The molecule has 2 saturated heterocycles. The third-order valence-electron chi connectivity index (χ3n) is 3.67. The average molecular weight is 269 g/mol. The van der Waals surface area contributed by atoms with Crippen LogP contribution in [0.25, 0.3) is 0 Å². The Kier molecular flexibility index (Phi) is 4.36. The normalized spacial score (nSPS) is 24.1. The summed E-state index contributed by atoms with van der Waals surface area (Å²) in [4.78, 5) is 37.5. The van der Waals surface area contributed by atoms with Crippen molar-refractivity contribution in [3.63, 3.8) is 0 Å². The molecule has 0 spiro atoms. The second-order valence-electron chi connectivity index (χ2n) is 4.97. The summed E-state index contributed by atoms with van der Waals surface area (Å²) in [6.07, 6.45) is 1.41. The minimum Gasteiger partial charge on any atom is -0.474 e. The predicted molar refractivity (Wildman–Crippen MR) is 66.4 cm³/mol. The number of hydrogen-bond donors (Lipinski definition) is 2. The lowest BCUT2D eigenvalue weighted by molar-refractivity contribution is -0.157. The molecule has 0 aromatic heterocycles. The molecule has 2 amide bonds. The van der Waals surface area contributed by atoms with Gasteiger partial charge in [-0.05, 0) is 12.8 Å². The van der Waals surface area contributed by atoms with E-state index in [-0.39, 0.29) is 18.4 Å². The Balaban J connectivity index is 1.94. The lowest BCUT2D eigenvalue weighted by Gasteiger charge is -2.35. The molecule has 0 aliphatic carbocycles. The number of likely N-dealkylation sites (tertiary alicyclic amines) is 1. The van der Waals surface area contributed by atoms with Gasteiger partial charge >= 0.3 is 11.9 Å². The van der Waals surface area contributed by atoms with Gasteiger partial charge in [-0.25, -0.2) is 4.79 Å². The van der Waals surface area contributed by atoms with E-state index in [4.69, 9.17) is 5.11 Å². The first-order chi connectivity index (χ1) is 9.09. The number of carboxylic acids is 1. The van der Waals surface area contributed by atoms with Crippen molar-refractivity contribution in [1.29, 1.82) is 0 Å². The van der Waals surface area contributed by atoms with Crippen molar-refractivity contribution in [2.75, 3.05) is 39.3 Å². The fourth-order valence-electron chi connectivity index (χ4n) is 2.64. The van der Waals surface area contributed by atoms with Crippen LogP contribution in [0.1, 0.15) is 12.8 Å². The molecule has 1 atom stereocenters. The van der Waals surface area contributed by atoms with Gasteiger partial charge in [0.05, 0.1) is 5.92 Å². The average Bonchev–Trinajstić information content (AvgIpc) is 2.46. The molecule has 0 aromatic rings. The Morgan fingerprint density at radius 3 is 2.37 bits per heavy atom. The standard InChI is InChI=1S/C12H19N3O4/c16-10(14-6-3-13-4-7-14)9-2-1-5-15(8-9)11(17)12(18)19/h9,13H,1-8H2,(H,18,19)/t9-/m1/s1. The van der Waals surface area contributed by atoms with Crippen molar-refractivity contribution in [2.24, 2.45) is 5.92 Å². The Bertz CT molecular complexity index is 379. The topological polar surface area (TPSA) is 90.0 Å². The first kappa shape index (κ1) is 13.8. The van der Waals surface area contributed by atoms with Gasteiger partial charge in [-0.15, -0.1) is 0 Å². The van der Waals surface area contributed by atoms with Gasteiger partial charge in [0.15, 0.2) is 0 Å². The molecule has 2 fully saturated rings.